The lowest BCUT2D eigenvalue weighted by atomic mass is 10.1. The average Bonchev–Trinajstić information content (AvgIpc) is 2.12. The van der Waals surface area contributed by atoms with Crippen molar-refractivity contribution in [1.82, 2.24) is 0 Å². The predicted molar refractivity (Wildman–Crippen MR) is 51.7 cm³/mol. The van der Waals surface area contributed by atoms with Gasteiger partial charge in [-0.15, -0.1) is 6.58 Å². The van der Waals surface area contributed by atoms with Crippen LogP contribution in [0.15, 0.2) is 24.8 Å². The zero-order valence-corrected chi connectivity index (χ0v) is 7.67. The summed E-state index contributed by atoms with van der Waals surface area (Å²) in [5.41, 5.74) is 0.923. The maximum Gasteiger partial charge on any atom is 0.120 e. The topological polar surface area (TPSA) is 44.0 Å². The number of allylic oxidation sites excluding steroid dienone is 1. The van der Waals surface area contributed by atoms with E-state index in [4.69, 9.17) is 16.9 Å². The summed E-state index contributed by atoms with van der Waals surface area (Å²) in [6, 6.07) is 4.90. The minimum absolute atomic E-state index is 0.101. The predicted octanol–water partition coefficient (Wildman–Crippen LogP) is 2.65. The largest absolute Gasteiger partial charge is 0.508 e. The maximum atomic E-state index is 9.40. The third kappa shape index (κ3) is 1.82. The molecule has 3 heteroatoms. The van der Waals surface area contributed by atoms with Crippen LogP contribution in [0.2, 0.25) is 5.02 Å². The Labute approximate surface area is 81.7 Å². The Hall–Kier alpha value is -1.46. The molecule has 66 valence electrons. The fourth-order valence-electron chi connectivity index (χ4n) is 1.04. The highest BCUT2D eigenvalue weighted by Crippen LogP contribution is 2.29. The highest BCUT2D eigenvalue weighted by molar-refractivity contribution is 6.32. The molecule has 1 N–H and O–H groups in total. The van der Waals surface area contributed by atoms with Gasteiger partial charge in [0.25, 0.3) is 0 Å². The van der Waals surface area contributed by atoms with E-state index in [2.05, 4.69) is 6.58 Å². The van der Waals surface area contributed by atoms with Crippen LogP contribution in [-0.4, -0.2) is 5.11 Å². The summed E-state index contributed by atoms with van der Waals surface area (Å²) >= 11 is 5.86. The second kappa shape index (κ2) is 3.97. The number of benzene rings is 1. The molecule has 0 aliphatic heterocycles. The zero-order valence-electron chi connectivity index (χ0n) is 6.92. The molecule has 1 aromatic carbocycles. The van der Waals surface area contributed by atoms with E-state index in [1.54, 1.807) is 6.08 Å². The van der Waals surface area contributed by atoms with Crippen LogP contribution in [0, 0.1) is 11.3 Å². The van der Waals surface area contributed by atoms with Gasteiger partial charge in [-0.05, 0) is 18.6 Å². The second-order valence-corrected chi connectivity index (χ2v) is 2.91. The Morgan fingerprint density at radius 3 is 2.85 bits per heavy atom. The van der Waals surface area contributed by atoms with Crippen molar-refractivity contribution in [2.24, 2.45) is 0 Å². The van der Waals surface area contributed by atoms with Crippen LogP contribution in [0.4, 0.5) is 0 Å². The van der Waals surface area contributed by atoms with Crippen LogP contribution < -0.4 is 0 Å². The molecule has 0 amide bonds. The molecule has 0 aliphatic rings. The van der Waals surface area contributed by atoms with E-state index in [1.165, 1.54) is 12.1 Å². The second-order valence-electron chi connectivity index (χ2n) is 2.53. The van der Waals surface area contributed by atoms with E-state index in [9.17, 15) is 5.11 Å². The minimum atomic E-state index is 0.101. The first-order valence-electron chi connectivity index (χ1n) is 3.72. The Balaban J connectivity index is 3.31. The summed E-state index contributed by atoms with van der Waals surface area (Å²) in [5.74, 6) is 0.101. The molecule has 0 spiro atoms. The molecule has 0 atom stereocenters. The monoisotopic (exact) mass is 193 g/mol. The van der Waals surface area contributed by atoms with Gasteiger partial charge in [-0.1, -0.05) is 17.7 Å². The van der Waals surface area contributed by atoms with E-state index < -0.39 is 0 Å². The van der Waals surface area contributed by atoms with Crippen LogP contribution in [0.25, 0.3) is 0 Å². The number of rotatable bonds is 2. The molecule has 0 heterocycles. The Bertz CT molecular complexity index is 379. The molecule has 0 unspecified atom stereocenters. The molecule has 0 aliphatic carbocycles. The molecular formula is C10H8ClNO. The molecule has 0 saturated heterocycles. The summed E-state index contributed by atoms with van der Waals surface area (Å²) < 4.78 is 0. The number of nitrogens with zero attached hydrogens (tertiary/aromatic N) is 1. The molecule has 1 rings (SSSR count). The van der Waals surface area contributed by atoms with E-state index in [0.29, 0.717) is 22.6 Å². The van der Waals surface area contributed by atoms with Crippen molar-refractivity contribution in [2.75, 3.05) is 0 Å². The van der Waals surface area contributed by atoms with Gasteiger partial charge in [-0.3, -0.25) is 0 Å². The van der Waals surface area contributed by atoms with Gasteiger partial charge in [0.2, 0.25) is 0 Å². The number of halogens is 1. The summed E-state index contributed by atoms with van der Waals surface area (Å²) in [5, 5.41) is 18.4. The fraction of sp³-hybridized carbons (Fsp3) is 0.100. The highest BCUT2D eigenvalue weighted by atomic mass is 35.5. The summed E-state index contributed by atoms with van der Waals surface area (Å²) in [6.45, 7) is 3.54. The Morgan fingerprint density at radius 2 is 2.31 bits per heavy atom. The fourth-order valence-corrected chi connectivity index (χ4v) is 1.32. The SMILES string of the molecule is C=CCc1c(O)ccc(C#N)c1Cl. The van der Waals surface area contributed by atoms with Gasteiger partial charge in [0.1, 0.15) is 11.8 Å². The van der Waals surface area contributed by atoms with Gasteiger partial charge < -0.3 is 5.11 Å². The molecule has 0 aromatic heterocycles. The van der Waals surface area contributed by atoms with Gasteiger partial charge >= 0.3 is 0 Å². The lowest BCUT2D eigenvalue weighted by Gasteiger charge is -2.04. The minimum Gasteiger partial charge on any atom is -0.508 e. The number of hydrogen-bond donors (Lipinski definition) is 1. The van der Waals surface area contributed by atoms with Crippen molar-refractivity contribution < 1.29 is 5.11 Å². The molecular weight excluding hydrogens is 186 g/mol. The van der Waals surface area contributed by atoms with E-state index in [0.717, 1.165) is 0 Å². The molecule has 2 nitrogen and oxygen atoms in total. The molecule has 13 heavy (non-hydrogen) atoms. The van der Waals surface area contributed by atoms with Crippen LogP contribution in [0.1, 0.15) is 11.1 Å². The standard InChI is InChI=1S/C10H8ClNO/c1-2-3-8-9(13)5-4-7(6-12)10(8)11/h2,4-5,13H,1,3H2. The van der Waals surface area contributed by atoms with Gasteiger partial charge in [-0.2, -0.15) is 5.26 Å². The first-order chi connectivity index (χ1) is 6.20. The van der Waals surface area contributed by atoms with Crippen molar-refractivity contribution in [2.45, 2.75) is 6.42 Å². The Kier molecular flexibility index (Phi) is 2.94. The number of hydrogen-bond acceptors (Lipinski definition) is 2. The quantitative estimate of drug-likeness (QED) is 0.734. The van der Waals surface area contributed by atoms with Crippen molar-refractivity contribution in [1.29, 1.82) is 5.26 Å². The highest BCUT2D eigenvalue weighted by Gasteiger charge is 2.08. The third-order valence-electron chi connectivity index (χ3n) is 1.69. The first-order valence-corrected chi connectivity index (χ1v) is 4.09. The number of phenolic OH excluding ortho intramolecular Hbond substituents is 1. The third-order valence-corrected chi connectivity index (χ3v) is 2.12. The zero-order chi connectivity index (χ0) is 9.84. The van der Waals surface area contributed by atoms with Gasteiger partial charge in [0.15, 0.2) is 0 Å². The molecule has 0 saturated carbocycles. The number of aromatic hydroxyl groups is 1. The van der Waals surface area contributed by atoms with Gasteiger partial charge in [-0.25, -0.2) is 0 Å². The molecule has 0 bridgehead atoms. The normalized spacial score (nSPS) is 9.23. The van der Waals surface area contributed by atoms with Gasteiger partial charge in [0, 0.05) is 5.56 Å². The van der Waals surface area contributed by atoms with E-state index in [1.807, 2.05) is 6.07 Å². The van der Waals surface area contributed by atoms with Gasteiger partial charge in [0.05, 0.1) is 10.6 Å². The van der Waals surface area contributed by atoms with Crippen molar-refractivity contribution in [3.63, 3.8) is 0 Å². The number of nitriles is 1. The maximum absolute atomic E-state index is 9.40. The van der Waals surface area contributed by atoms with E-state index >= 15 is 0 Å². The Morgan fingerprint density at radius 1 is 1.62 bits per heavy atom. The molecule has 0 fully saturated rings. The van der Waals surface area contributed by atoms with Crippen LogP contribution in [0.5, 0.6) is 5.75 Å². The van der Waals surface area contributed by atoms with Crippen LogP contribution in [0.3, 0.4) is 0 Å². The summed E-state index contributed by atoms with van der Waals surface area (Å²) in [7, 11) is 0. The van der Waals surface area contributed by atoms with Crippen molar-refractivity contribution in [3.8, 4) is 11.8 Å². The summed E-state index contributed by atoms with van der Waals surface area (Å²) in [4.78, 5) is 0. The number of phenols is 1. The lowest BCUT2D eigenvalue weighted by molar-refractivity contribution is 0.469. The van der Waals surface area contributed by atoms with Crippen LogP contribution in [-0.2, 0) is 6.42 Å². The van der Waals surface area contributed by atoms with Crippen molar-refractivity contribution >= 4 is 11.6 Å². The summed E-state index contributed by atoms with van der Waals surface area (Å²) in [6.07, 6.45) is 2.09. The first kappa shape index (κ1) is 9.63. The van der Waals surface area contributed by atoms with Crippen molar-refractivity contribution in [3.05, 3.63) is 40.9 Å². The smallest absolute Gasteiger partial charge is 0.120 e. The van der Waals surface area contributed by atoms with E-state index in [-0.39, 0.29) is 5.75 Å². The lowest BCUT2D eigenvalue weighted by Crippen LogP contribution is -1.87. The van der Waals surface area contributed by atoms with Crippen LogP contribution >= 0.6 is 11.6 Å². The molecule has 1 aromatic rings. The molecule has 0 radical (unpaired) electrons. The average molecular weight is 194 g/mol.